The minimum Gasteiger partial charge on any atom is -0.461 e. The van der Waals surface area contributed by atoms with Gasteiger partial charge in [0, 0.05) is 22.7 Å². The van der Waals surface area contributed by atoms with Gasteiger partial charge in [-0.3, -0.25) is 4.79 Å². The Kier molecular flexibility index (Phi) is 6.67. The Bertz CT molecular complexity index is 995. The van der Waals surface area contributed by atoms with E-state index in [9.17, 15) is 9.59 Å². The van der Waals surface area contributed by atoms with Crippen molar-refractivity contribution in [1.82, 2.24) is 15.1 Å². The van der Waals surface area contributed by atoms with Crippen LogP contribution in [0.1, 0.15) is 41.1 Å². The SMILES string of the molecule is CCCNC(=O)c1ccc(-n2nc(C(=O)OCC)cc2-c2ccc(Cl)cc2)cc1. The summed E-state index contributed by atoms with van der Waals surface area (Å²) in [5, 5.41) is 7.90. The minimum absolute atomic E-state index is 0.121. The highest BCUT2D eigenvalue weighted by atomic mass is 35.5. The first-order chi connectivity index (χ1) is 14.0. The Hall–Kier alpha value is -3.12. The highest BCUT2D eigenvalue weighted by Crippen LogP contribution is 2.26. The fourth-order valence-corrected chi connectivity index (χ4v) is 2.93. The molecule has 0 aliphatic heterocycles. The van der Waals surface area contributed by atoms with Gasteiger partial charge in [0.25, 0.3) is 5.91 Å². The Labute approximate surface area is 174 Å². The van der Waals surface area contributed by atoms with Gasteiger partial charge in [0.1, 0.15) is 0 Å². The van der Waals surface area contributed by atoms with Crippen LogP contribution in [0.2, 0.25) is 5.02 Å². The van der Waals surface area contributed by atoms with Crippen LogP contribution >= 0.6 is 11.6 Å². The van der Waals surface area contributed by atoms with Crippen LogP contribution in [0.25, 0.3) is 16.9 Å². The molecule has 0 atom stereocenters. The van der Waals surface area contributed by atoms with Gasteiger partial charge in [-0.05, 0) is 55.8 Å². The smallest absolute Gasteiger partial charge is 0.358 e. The van der Waals surface area contributed by atoms with Gasteiger partial charge in [-0.1, -0.05) is 30.7 Å². The van der Waals surface area contributed by atoms with Crippen LogP contribution < -0.4 is 5.32 Å². The number of rotatable bonds is 7. The predicted molar refractivity (Wildman–Crippen MR) is 113 cm³/mol. The second kappa shape index (κ2) is 9.39. The van der Waals surface area contributed by atoms with Crippen molar-refractivity contribution in [2.45, 2.75) is 20.3 Å². The maximum Gasteiger partial charge on any atom is 0.358 e. The molecule has 1 amide bonds. The summed E-state index contributed by atoms with van der Waals surface area (Å²) in [6.45, 7) is 4.64. The first-order valence-electron chi connectivity index (χ1n) is 9.45. The van der Waals surface area contributed by atoms with E-state index in [1.54, 1.807) is 54.1 Å². The number of amides is 1. The molecule has 1 aromatic heterocycles. The van der Waals surface area contributed by atoms with E-state index in [1.807, 2.05) is 19.1 Å². The Balaban J connectivity index is 1.99. The van der Waals surface area contributed by atoms with E-state index in [0.29, 0.717) is 22.8 Å². The summed E-state index contributed by atoms with van der Waals surface area (Å²) in [4.78, 5) is 24.3. The molecule has 7 heteroatoms. The third kappa shape index (κ3) is 4.84. The zero-order valence-electron chi connectivity index (χ0n) is 16.3. The maximum atomic E-state index is 12.2. The number of hydrogen-bond acceptors (Lipinski definition) is 4. The number of carbonyl (C=O) groups excluding carboxylic acids is 2. The molecule has 29 heavy (non-hydrogen) atoms. The quantitative estimate of drug-likeness (QED) is 0.580. The predicted octanol–water partition coefficient (Wildman–Crippen LogP) is 4.51. The summed E-state index contributed by atoms with van der Waals surface area (Å²) in [5.74, 6) is -0.610. The van der Waals surface area contributed by atoms with Gasteiger partial charge in [-0.25, -0.2) is 9.48 Å². The fraction of sp³-hybridized carbons (Fsp3) is 0.227. The molecule has 0 spiro atoms. The molecule has 3 aromatic rings. The number of aromatic nitrogens is 2. The van der Waals surface area contributed by atoms with Crippen molar-refractivity contribution < 1.29 is 14.3 Å². The highest BCUT2D eigenvalue weighted by molar-refractivity contribution is 6.30. The molecule has 1 heterocycles. The van der Waals surface area contributed by atoms with Gasteiger partial charge in [0.05, 0.1) is 18.0 Å². The minimum atomic E-state index is -0.489. The molecular weight excluding hydrogens is 390 g/mol. The highest BCUT2D eigenvalue weighted by Gasteiger charge is 2.18. The normalized spacial score (nSPS) is 10.6. The third-order valence-corrected chi connectivity index (χ3v) is 4.50. The lowest BCUT2D eigenvalue weighted by Crippen LogP contribution is -2.23. The van der Waals surface area contributed by atoms with Crippen LogP contribution in [0.4, 0.5) is 0 Å². The van der Waals surface area contributed by atoms with Crippen molar-refractivity contribution >= 4 is 23.5 Å². The maximum absolute atomic E-state index is 12.2. The summed E-state index contributed by atoms with van der Waals surface area (Å²) < 4.78 is 6.74. The van der Waals surface area contributed by atoms with Crippen LogP contribution in [0.15, 0.2) is 54.6 Å². The summed E-state index contributed by atoms with van der Waals surface area (Å²) in [6.07, 6.45) is 0.873. The molecule has 0 aliphatic carbocycles. The molecule has 0 saturated heterocycles. The number of benzene rings is 2. The van der Waals surface area contributed by atoms with Crippen LogP contribution in [0.3, 0.4) is 0 Å². The lowest BCUT2D eigenvalue weighted by molar-refractivity contribution is 0.0519. The van der Waals surface area contributed by atoms with Gasteiger partial charge < -0.3 is 10.1 Å². The molecule has 1 N–H and O–H groups in total. The monoisotopic (exact) mass is 411 g/mol. The van der Waals surface area contributed by atoms with Crippen molar-refractivity contribution in [3.8, 4) is 16.9 Å². The first kappa shape index (κ1) is 20.6. The zero-order chi connectivity index (χ0) is 20.8. The topological polar surface area (TPSA) is 73.2 Å². The van der Waals surface area contributed by atoms with E-state index in [2.05, 4.69) is 10.4 Å². The summed E-state index contributed by atoms with van der Waals surface area (Å²) in [6, 6.07) is 16.0. The number of nitrogens with one attached hydrogen (secondary N) is 1. The Morgan fingerprint density at radius 3 is 2.38 bits per heavy atom. The molecular formula is C22H22ClN3O3. The second-order valence-electron chi connectivity index (χ2n) is 6.36. The van der Waals surface area contributed by atoms with E-state index < -0.39 is 5.97 Å². The standard InChI is InChI=1S/C22H22ClN3O3/c1-3-13-24-21(27)16-7-11-18(12-8-16)26-20(15-5-9-17(23)10-6-15)14-19(25-26)22(28)29-4-2/h5-12,14H,3-4,13H2,1-2H3,(H,24,27). The zero-order valence-corrected chi connectivity index (χ0v) is 17.1. The van der Waals surface area contributed by atoms with Crippen LogP contribution in [-0.2, 0) is 4.74 Å². The first-order valence-corrected chi connectivity index (χ1v) is 9.83. The molecule has 0 bridgehead atoms. The molecule has 2 aromatic carbocycles. The summed E-state index contributed by atoms with van der Waals surface area (Å²) in [7, 11) is 0. The van der Waals surface area contributed by atoms with E-state index in [-0.39, 0.29) is 18.2 Å². The van der Waals surface area contributed by atoms with Crippen molar-refractivity contribution in [1.29, 1.82) is 0 Å². The number of nitrogens with zero attached hydrogens (tertiary/aromatic N) is 2. The van der Waals surface area contributed by atoms with Crippen LogP contribution in [-0.4, -0.2) is 34.8 Å². The number of carbonyl (C=O) groups is 2. The second-order valence-corrected chi connectivity index (χ2v) is 6.79. The van der Waals surface area contributed by atoms with Crippen molar-refractivity contribution in [3.05, 3.63) is 70.9 Å². The number of hydrogen-bond donors (Lipinski definition) is 1. The largest absolute Gasteiger partial charge is 0.461 e. The van der Waals surface area contributed by atoms with Crippen molar-refractivity contribution in [2.24, 2.45) is 0 Å². The van der Waals surface area contributed by atoms with Gasteiger partial charge in [0.2, 0.25) is 0 Å². The van der Waals surface area contributed by atoms with Crippen LogP contribution in [0.5, 0.6) is 0 Å². The molecule has 150 valence electrons. The summed E-state index contributed by atoms with van der Waals surface area (Å²) in [5.41, 5.74) is 3.06. The molecule has 0 aliphatic rings. The van der Waals surface area contributed by atoms with Crippen molar-refractivity contribution in [2.75, 3.05) is 13.2 Å². The molecule has 3 rings (SSSR count). The number of esters is 1. The van der Waals surface area contributed by atoms with E-state index in [0.717, 1.165) is 17.7 Å². The molecule has 0 unspecified atom stereocenters. The van der Waals surface area contributed by atoms with E-state index >= 15 is 0 Å². The average molecular weight is 412 g/mol. The van der Waals surface area contributed by atoms with Gasteiger partial charge in [-0.15, -0.1) is 0 Å². The Morgan fingerprint density at radius 2 is 1.76 bits per heavy atom. The molecule has 0 saturated carbocycles. The molecule has 6 nitrogen and oxygen atoms in total. The fourth-order valence-electron chi connectivity index (χ4n) is 2.80. The van der Waals surface area contributed by atoms with Gasteiger partial charge in [0.15, 0.2) is 5.69 Å². The van der Waals surface area contributed by atoms with E-state index in [4.69, 9.17) is 16.3 Å². The van der Waals surface area contributed by atoms with Gasteiger partial charge >= 0.3 is 5.97 Å². The van der Waals surface area contributed by atoms with Crippen molar-refractivity contribution in [3.63, 3.8) is 0 Å². The Morgan fingerprint density at radius 1 is 1.07 bits per heavy atom. The lowest BCUT2D eigenvalue weighted by atomic mass is 10.1. The lowest BCUT2D eigenvalue weighted by Gasteiger charge is -2.09. The van der Waals surface area contributed by atoms with E-state index in [1.165, 1.54) is 0 Å². The summed E-state index contributed by atoms with van der Waals surface area (Å²) >= 11 is 6.00. The molecule has 0 radical (unpaired) electrons. The molecule has 0 fully saturated rings. The number of ether oxygens (including phenoxy) is 1. The number of halogens is 1. The van der Waals surface area contributed by atoms with Crippen LogP contribution in [0, 0.1) is 0 Å². The average Bonchev–Trinajstić information content (AvgIpc) is 3.18. The third-order valence-electron chi connectivity index (χ3n) is 4.24. The van der Waals surface area contributed by atoms with Gasteiger partial charge in [-0.2, -0.15) is 5.10 Å².